The number of methoxy groups -OCH3 is 1. The van der Waals surface area contributed by atoms with Crippen molar-refractivity contribution in [3.63, 3.8) is 0 Å². The second kappa shape index (κ2) is 4.92. The van der Waals surface area contributed by atoms with Gasteiger partial charge in [0.25, 0.3) is 0 Å². The Morgan fingerprint density at radius 1 is 1.27 bits per heavy atom. The third kappa shape index (κ3) is 3.45. The molecule has 0 saturated heterocycles. The van der Waals surface area contributed by atoms with Gasteiger partial charge in [-0.15, -0.1) is 0 Å². The van der Waals surface area contributed by atoms with Crippen molar-refractivity contribution >= 4 is 40.8 Å². The zero-order valence-electron chi connectivity index (χ0n) is 7.67. The molecule has 1 rings (SSSR count). The first-order valence-electron chi connectivity index (χ1n) is 3.86. The fraction of sp³-hybridized carbons (Fsp3) is 0.222. The van der Waals surface area contributed by atoms with Gasteiger partial charge in [-0.05, 0) is 47.5 Å². The van der Waals surface area contributed by atoms with Crippen molar-refractivity contribution in [1.82, 2.24) is 0 Å². The summed E-state index contributed by atoms with van der Waals surface area (Å²) in [6.07, 6.45) is 0. The van der Waals surface area contributed by atoms with E-state index >= 15 is 0 Å². The van der Waals surface area contributed by atoms with Crippen LogP contribution in [0.25, 0.3) is 0 Å². The van der Waals surface area contributed by atoms with Crippen LogP contribution in [-0.4, -0.2) is 17.6 Å². The lowest BCUT2D eigenvalue weighted by atomic mass is 10.3. The van der Waals surface area contributed by atoms with Crippen molar-refractivity contribution in [2.45, 2.75) is 4.52 Å². The van der Waals surface area contributed by atoms with Gasteiger partial charge in [0, 0.05) is 5.02 Å². The maximum absolute atomic E-state index is 11.1. The average Bonchev–Trinajstić information content (AvgIpc) is 2.20. The average molecular weight is 270 g/mol. The standard InChI is InChI=1S/C9H7Cl3O3/c1-14-8(13)9(11,12)15-7-4-2-6(10)3-5-7/h2-5H,1H3. The Morgan fingerprint density at radius 3 is 2.27 bits per heavy atom. The van der Waals surface area contributed by atoms with Crippen LogP contribution < -0.4 is 4.74 Å². The van der Waals surface area contributed by atoms with Crippen LogP contribution in [0.5, 0.6) is 5.75 Å². The Kier molecular flexibility index (Phi) is 4.08. The second-order valence-electron chi connectivity index (χ2n) is 2.56. The molecule has 0 aliphatic rings. The minimum Gasteiger partial charge on any atom is -0.464 e. The van der Waals surface area contributed by atoms with Gasteiger partial charge in [-0.25, -0.2) is 4.79 Å². The monoisotopic (exact) mass is 268 g/mol. The molecule has 0 N–H and O–H groups in total. The van der Waals surface area contributed by atoms with Crippen LogP contribution in [0.2, 0.25) is 5.02 Å². The highest BCUT2D eigenvalue weighted by Gasteiger charge is 2.37. The number of carbonyl (C=O) groups excluding carboxylic acids is 1. The summed E-state index contributed by atoms with van der Waals surface area (Å²) in [4.78, 5) is 11.1. The molecule has 0 radical (unpaired) electrons. The van der Waals surface area contributed by atoms with E-state index in [9.17, 15) is 4.79 Å². The molecule has 6 heteroatoms. The fourth-order valence-corrected chi connectivity index (χ4v) is 1.27. The number of hydrogen-bond donors (Lipinski definition) is 0. The smallest absolute Gasteiger partial charge is 0.383 e. The summed E-state index contributed by atoms with van der Waals surface area (Å²) in [5.41, 5.74) is 0. The van der Waals surface area contributed by atoms with Gasteiger partial charge in [-0.2, -0.15) is 0 Å². The van der Waals surface area contributed by atoms with Crippen LogP contribution in [0.15, 0.2) is 24.3 Å². The molecule has 0 atom stereocenters. The van der Waals surface area contributed by atoms with Crippen molar-refractivity contribution in [1.29, 1.82) is 0 Å². The molecule has 0 heterocycles. The summed E-state index contributed by atoms with van der Waals surface area (Å²) in [5, 5.41) is 0.537. The molecule has 1 aromatic rings. The number of hydrogen-bond acceptors (Lipinski definition) is 3. The lowest BCUT2D eigenvalue weighted by Crippen LogP contribution is -2.33. The van der Waals surface area contributed by atoms with Gasteiger partial charge in [-0.1, -0.05) is 11.6 Å². The van der Waals surface area contributed by atoms with E-state index in [0.29, 0.717) is 10.8 Å². The van der Waals surface area contributed by atoms with Gasteiger partial charge in [0.15, 0.2) is 0 Å². The Morgan fingerprint density at radius 2 is 1.80 bits per heavy atom. The maximum Gasteiger partial charge on any atom is 0.383 e. The van der Waals surface area contributed by atoms with E-state index in [1.807, 2.05) is 0 Å². The quantitative estimate of drug-likeness (QED) is 0.625. The van der Waals surface area contributed by atoms with Gasteiger partial charge in [-0.3, -0.25) is 0 Å². The van der Waals surface area contributed by atoms with E-state index in [0.717, 1.165) is 7.11 Å². The predicted octanol–water partition coefficient (Wildman–Crippen LogP) is 3.02. The predicted molar refractivity (Wildman–Crippen MR) is 58.5 cm³/mol. The molecular formula is C9H7Cl3O3. The molecule has 0 aliphatic carbocycles. The Bertz CT molecular complexity index is 348. The minimum atomic E-state index is -2.05. The molecule has 3 nitrogen and oxygen atoms in total. The van der Waals surface area contributed by atoms with Crippen LogP contribution in [0, 0.1) is 0 Å². The number of rotatable bonds is 3. The summed E-state index contributed by atoms with van der Waals surface area (Å²) < 4.78 is 7.31. The Labute approximate surface area is 102 Å². The van der Waals surface area contributed by atoms with E-state index in [1.54, 1.807) is 12.1 Å². The van der Waals surface area contributed by atoms with Crippen molar-refractivity contribution in [2.24, 2.45) is 0 Å². The van der Waals surface area contributed by atoms with Crippen molar-refractivity contribution in [3.05, 3.63) is 29.3 Å². The van der Waals surface area contributed by atoms with E-state index in [2.05, 4.69) is 4.74 Å². The van der Waals surface area contributed by atoms with Gasteiger partial charge in [0.05, 0.1) is 7.11 Å². The zero-order chi connectivity index (χ0) is 11.5. The van der Waals surface area contributed by atoms with E-state index < -0.39 is 10.5 Å². The highest BCUT2D eigenvalue weighted by Crippen LogP contribution is 2.28. The van der Waals surface area contributed by atoms with Gasteiger partial charge < -0.3 is 9.47 Å². The molecule has 0 amide bonds. The molecule has 0 fully saturated rings. The molecule has 0 bridgehead atoms. The summed E-state index contributed by atoms with van der Waals surface area (Å²) >= 11 is 16.9. The molecule has 0 aromatic heterocycles. The fourth-order valence-electron chi connectivity index (χ4n) is 0.811. The molecular weight excluding hydrogens is 262 g/mol. The van der Waals surface area contributed by atoms with Crippen LogP contribution in [0.3, 0.4) is 0 Å². The number of halogens is 3. The molecule has 15 heavy (non-hydrogen) atoms. The number of ether oxygens (including phenoxy) is 2. The Balaban J connectivity index is 2.77. The molecule has 0 aliphatic heterocycles. The number of benzene rings is 1. The SMILES string of the molecule is COC(=O)C(Cl)(Cl)Oc1ccc(Cl)cc1. The first-order chi connectivity index (χ1) is 6.95. The largest absolute Gasteiger partial charge is 0.464 e. The van der Waals surface area contributed by atoms with Crippen LogP contribution in [-0.2, 0) is 9.53 Å². The van der Waals surface area contributed by atoms with Crippen molar-refractivity contribution < 1.29 is 14.3 Å². The topological polar surface area (TPSA) is 35.5 Å². The number of alkyl halides is 2. The van der Waals surface area contributed by atoms with Crippen LogP contribution in [0.4, 0.5) is 0 Å². The first kappa shape index (κ1) is 12.4. The lowest BCUT2D eigenvalue weighted by molar-refractivity contribution is -0.147. The van der Waals surface area contributed by atoms with E-state index in [1.165, 1.54) is 12.1 Å². The first-order valence-corrected chi connectivity index (χ1v) is 5.00. The van der Waals surface area contributed by atoms with E-state index in [4.69, 9.17) is 39.5 Å². The highest BCUT2D eigenvalue weighted by molar-refractivity contribution is 6.56. The minimum absolute atomic E-state index is 0.315. The van der Waals surface area contributed by atoms with Crippen LogP contribution >= 0.6 is 34.8 Å². The molecule has 0 spiro atoms. The second-order valence-corrected chi connectivity index (χ2v) is 4.26. The molecule has 82 valence electrons. The van der Waals surface area contributed by atoms with E-state index in [-0.39, 0.29) is 0 Å². The number of esters is 1. The lowest BCUT2D eigenvalue weighted by Gasteiger charge is -2.18. The zero-order valence-corrected chi connectivity index (χ0v) is 9.94. The third-order valence-electron chi connectivity index (χ3n) is 1.48. The highest BCUT2D eigenvalue weighted by atomic mass is 35.5. The summed E-state index contributed by atoms with van der Waals surface area (Å²) in [5.74, 6) is -0.574. The molecule has 1 aromatic carbocycles. The van der Waals surface area contributed by atoms with Crippen molar-refractivity contribution in [3.8, 4) is 5.75 Å². The molecule has 0 saturated carbocycles. The van der Waals surface area contributed by atoms with Gasteiger partial charge >= 0.3 is 10.5 Å². The summed E-state index contributed by atoms with van der Waals surface area (Å²) in [6, 6.07) is 6.23. The van der Waals surface area contributed by atoms with Crippen molar-refractivity contribution in [2.75, 3.05) is 7.11 Å². The van der Waals surface area contributed by atoms with Gasteiger partial charge in [0.1, 0.15) is 5.75 Å². The van der Waals surface area contributed by atoms with Gasteiger partial charge in [0.2, 0.25) is 0 Å². The molecule has 0 unspecified atom stereocenters. The Hall–Kier alpha value is -0.640. The van der Waals surface area contributed by atoms with Crippen LogP contribution in [0.1, 0.15) is 0 Å². The summed E-state index contributed by atoms with van der Waals surface area (Å²) in [7, 11) is 1.16. The summed E-state index contributed by atoms with van der Waals surface area (Å²) in [6.45, 7) is 0. The number of carbonyl (C=O) groups is 1. The maximum atomic E-state index is 11.1. The normalized spacial score (nSPS) is 10.9. The third-order valence-corrected chi connectivity index (χ3v) is 2.20.